The molecular weight excluding hydrogens is 601 g/mol. The molecule has 9 rings (SSSR count). The number of aromatic nitrogens is 2. The van der Waals surface area contributed by atoms with Crippen LogP contribution in [0.2, 0.25) is 0 Å². The second-order valence-electron chi connectivity index (χ2n) is 12.1. The topological polar surface area (TPSA) is 25.8 Å². The molecule has 0 fully saturated rings. The molecule has 0 radical (unpaired) electrons. The van der Waals surface area contributed by atoms with E-state index in [-0.39, 0.29) is 0 Å². The lowest BCUT2D eigenvalue weighted by Gasteiger charge is -2.42. The van der Waals surface area contributed by atoms with Crippen LogP contribution in [0.15, 0.2) is 192 Å². The lowest BCUT2D eigenvalue weighted by molar-refractivity contribution is 0.703. The maximum absolute atomic E-state index is 5.41. The number of benzene rings is 7. The summed E-state index contributed by atoms with van der Waals surface area (Å²) in [6, 6.07) is 64.9. The fourth-order valence-corrected chi connectivity index (χ4v) is 8.60. The maximum Gasteiger partial charge on any atom is 0.161 e. The lowest BCUT2D eigenvalue weighted by atomic mass is 9.64. The van der Waals surface area contributed by atoms with E-state index in [1.807, 2.05) is 11.8 Å². The van der Waals surface area contributed by atoms with Crippen molar-refractivity contribution in [3.05, 3.63) is 204 Å². The Kier molecular flexibility index (Phi) is 6.99. The molecule has 0 atom stereocenters. The molecule has 226 valence electrons. The monoisotopic (exact) mass is 630 g/mol. The molecule has 0 unspecified atom stereocenters. The number of fused-ring (bicyclic) bond motifs is 3. The van der Waals surface area contributed by atoms with Crippen LogP contribution in [0.3, 0.4) is 0 Å². The predicted octanol–water partition coefficient (Wildman–Crippen LogP) is 11.5. The fraction of sp³-hybridized carbons (Fsp3) is 0.0222. The Hall–Kier alpha value is -5.77. The summed E-state index contributed by atoms with van der Waals surface area (Å²) in [7, 11) is 0. The number of hydrogen-bond donors (Lipinski definition) is 0. The maximum atomic E-state index is 5.41. The summed E-state index contributed by atoms with van der Waals surface area (Å²) in [5.41, 5.74) is 10.8. The van der Waals surface area contributed by atoms with Gasteiger partial charge in [0, 0.05) is 26.3 Å². The molecular formula is C45H30N2S. The lowest BCUT2D eigenvalue weighted by Crippen LogP contribution is -2.34. The van der Waals surface area contributed by atoms with Crippen LogP contribution in [0.25, 0.3) is 44.7 Å². The van der Waals surface area contributed by atoms with E-state index < -0.39 is 5.41 Å². The first-order valence-corrected chi connectivity index (χ1v) is 17.1. The molecule has 1 aliphatic rings. The van der Waals surface area contributed by atoms with Crippen LogP contribution in [0, 0.1) is 0 Å². The average Bonchev–Trinajstić information content (AvgIpc) is 3.17. The zero-order valence-corrected chi connectivity index (χ0v) is 26.9. The van der Waals surface area contributed by atoms with Crippen molar-refractivity contribution in [3.63, 3.8) is 0 Å². The fourth-order valence-electron chi connectivity index (χ4n) is 7.30. The van der Waals surface area contributed by atoms with Crippen molar-refractivity contribution >= 4 is 22.7 Å². The highest BCUT2D eigenvalue weighted by molar-refractivity contribution is 7.99. The van der Waals surface area contributed by atoms with Gasteiger partial charge in [0.25, 0.3) is 0 Å². The third kappa shape index (κ3) is 4.58. The first-order chi connectivity index (χ1) is 23.8. The minimum atomic E-state index is -0.514. The van der Waals surface area contributed by atoms with E-state index >= 15 is 0 Å². The standard InChI is InChI=1S/C45H30N2S/c1-4-16-31(17-5-1)32-18-14-19-33(30-32)42-36-24-10-12-28-40(36)46-44(47-42)37-25-15-27-39-43(37)48-41-29-13-11-26-38(41)45(39,34-20-6-2-7-21-34)35-22-8-3-9-23-35/h1-30H. The Morgan fingerprint density at radius 1 is 0.438 bits per heavy atom. The van der Waals surface area contributed by atoms with Gasteiger partial charge < -0.3 is 0 Å². The van der Waals surface area contributed by atoms with E-state index in [0.717, 1.165) is 39.1 Å². The van der Waals surface area contributed by atoms with Crippen LogP contribution in [0.4, 0.5) is 0 Å². The molecule has 0 saturated carbocycles. The zero-order chi connectivity index (χ0) is 31.9. The van der Waals surface area contributed by atoms with Crippen molar-refractivity contribution < 1.29 is 0 Å². The molecule has 0 aliphatic carbocycles. The molecule has 8 aromatic rings. The normalized spacial score (nSPS) is 13.1. The Bertz CT molecular complexity index is 2380. The van der Waals surface area contributed by atoms with Gasteiger partial charge in [-0.25, -0.2) is 9.97 Å². The first kappa shape index (κ1) is 28.5. The van der Waals surface area contributed by atoms with Crippen LogP contribution < -0.4 is 0 Å². The van der Waals surface area contributed by atoms with E-state index in [0.29, 0.717) is 0 Å². The van der Waals surface area contributed by atoms with Gasteiger partial charge in [0.1, 0.15) is 0 Å². The van der Waals surface area contributed by atoms with E-state index in [1.165, 1.54) is 37.6 Å². The number of rotatable bonds is 5. The predicted molar refractivity (Wildman–Crippen MR) is 198 cm³/mol. The van der Waals surface area contributed by atoms with Crippen molar-refractivity contribution in [1.82, 2.24) is 9.97 Å². The Labute approximate surface area is 284 Å². The van der Waals surface area contributed by atoms with Gasteiger partial charge in [0.05, 0.1) is 16.6 Å². The van der Waals surface area contributed by atoms with Crippen molar-refractivity contribution in [3.8, 4) is 33.8 Å². The van der Waals surface area contributed by atoms with Crippen molar-refractivity contribution in [2.75, 3.05) is 0 Å². The SMILES string of the molecule is c1ccc(-c2cccc(-c3nc(-c4cccc5c4Sc4ccccc4C5(c4ccccc4)c4ccccc4)nc4ccccc34)c2)cc1. The van der Waals surface area contributed by atoms with E-state index in [9.17, 15) is 0 Å². The highest BCUT2D eigenvalue weighted by Gasteiger charge is 2.45. The highest BCUT2D eigenvalue weighted by atomic mass is 32.2. The van der Waals surface area contributed by atoms with E-state index in [1.54, 1.807) is 0 Å². The summed E-state index contributed by atoms with van der Waals surface area (Å²) < 4.78 is 0. The van der Waals surface area contributed by atoms with Crippen LogP contribution >= 0.6 is 11.8 Å². The third-order valence-electron chi connectivity index (χ3n) is 9.42. The second-order valence-corrected chi connectivity index (χ2v) is 13.2. The van der Waals surface area contributed by atoms with Crippen molar-refractivity contribution in [1.29, 1.82) is 0 Å². The average molecular weight is 631 g/mol. The molecule has 2 nitrogen and oxygen atoms in total. The van der Waals surface area contributed by atoms with Crippen LogP contribution in [0.1, 0.15) is 22.3 Å². The minimum absolute atomic E-state index is 0.514. The minimum Gasteiger partial charge on any atom is -0.228 e. The van der Waals surface area contributed by atoms with Gasteiger partial charge >= 0.3 is 0 Å². The molecule has 3 heteroatoms. The summed E-state index contributed by atoms with van der Waals surface area (Å²) >= 11 is 1.82. The largest absolute Gasteiger partial charge is 0.228 e. The molecule has 1 aromatic heterocycles. The van der Waals surface area contributed by atoms with E-state index in [2.05, 4.69) is 182 Å². The third-order valence-corrected chi connectivity index (χ3v) is 10.6. The van der Waals surface area contributed by atoms with Gasteiger partial charge in [-0.3, -0.25) is 0 Å². The van der Waals surface area contributed by atoms with Gasteiger partial charge in [0.15, 0.2) is 5.82 Å². The van der Waals surface area contributed by atoms with Crippen LogP contribution in [-0.4, -0.2) is 9.97 Å². The molecule has 1 aliphatic heterocycles. The van der Waals surface area contributed by atoms with Crippen molar-refractivity contribution in [2.45, 2.75) is 15.2 Å². The molecule has 48 heavy (non-hydrogen) atoms. The first-order valence-electron chi connectivity index (χ1n) is 16.3. The van der Waals surface area contributed by atoms with Crippen LogP contribution in [0.5, 0.6) is 0 Å². The van der Waals surface area contributed by atoms with Gasteiger partial charge in [0.2, 0.25) is 0 Å². The van der Waals surface area contributed by atoms with Gasteiger partial charge in [-0.15, -0.1) is 0 Å². The quantitative estimate of drug-likeness (QED) is 0.189. The number of hydrogen-bond acceptors (Lipinski definition) is 3. The van der Waals surface area contributed by atoms with E-state index in [4.69, 9.17) is 9.97 Å². The molecule has 0 amide bonds. The molecule has 7 aromatic carbocycles. The molecule has 0 saturated heterocycles. The summed E-state index contributed by atoms with van der Waals surface area (Å²) in [6.07, 6.45) is 0. The summed E-state index contributed by atoms with van der Waals surface area (Å²) in [5.74, 6) is 0.729. The van der Waals surface area contributed by atoms with Gasteiger partial charge in [-0.1, -0.05) is 176 Å². The molecule has 0 bridgehead atoms. The highest BCUT2D eigenvalue weighted by Crippen LogP contribution is 2.57. The number of nitrogens with zero attached hydrogens (tertiary/aromatic N) is 2. The summed E-state index contributed by atoms with van der Waals surface area (Å²) in [4.78, 5) is 13.1. The summed E-state index contributed by atoms with van der Waals surface area (Å²) in [6.45, 7) is 0. The van der Waals surface area contributed by atoms with Gasteiger partial charge in [-0.05, 0) is 51.6 Å². The van der Waals surface area contributed by atoms with Crippen LogP contribution in [-0.2, 0) is 5.41 Å². The Morgan fingerprint density at radius 3 is 1.79 bits per heavy atom. The zero-order valence-electron chi connectivity index (χ0n) is 26.1. The number of para-hydroxylation sites is 1. The molecule has 0 N–H and O–H groups in total. The molecule has 0 spiro atoms. The van der Waals surface area contributed by atoms with Gasteiger partial charge in [-0.2, -0.15) is 0 Å². The summed E-state index contributed by atoms with van der Waals surface area (Å²) in [5, 5.41) is 1.04. The van der Waals surface area contributed by atoms with Crippen molar-refractivity contribution in [2.24, 2.45) is 0 Å². The Balaban J connectivity index is 1.31. The Morgan fingerprint density at radius 2 is 1.02 bits per heavy atom. The smallest absolute Gasteiger partial charge is 0.161 e. The molecule has 2 heterocycles. The second kappa shape index (κ2) is 11.8.